The molecule has 0 saturated heterocycles. The SMILES string of the molecule is CCNC(=NCc1cc(-c2ccccc2)on1)NCC(C)c1cccs1. The lowest BCUT2D eigenvalue weighted by Crippen LogP contribution is -2.39. The highest BCUT2D eigenvalue weighted by molar-refractivity contribution is 7.10. The van der Waals surface area contributed by atoms with Gasteiger partial charge < -0.3 is 15.2 Å². The topological polar surface area (TPSA) is 62.5 Å². The molecule has 1 atom stereocenters. The molecule has 2 N–H and O–H groups in total. The molecule has 0 aliphatic rings. The van der Waals surface area contributed by atoms with E-state index in [1.165, 1.54) is 4.88 Å². The summed E-state index contributed by atoms with van der Waals surface area (Å²) in [6.07, 6.45) is 0. The molecule has 5 nitrogen and oxygen atoms in total. The number of thiophene rings is 1. The van der Waals surface area contributed by atoms with Crippen LogP contribution in [0.2, 0.25) is 0 Å². The monoisotopic (exact) mass is 368 g/mol. The van der Waals surface area contributed by atoms with Gasteiger partial charge in [0.25, 0.3) is 0 Å². The van der Waals surface area contributed by atoms with Crippen molar-refractivity contribution in [2.45, 2.75) is 26.3 Å². The fourth-order valence-corrected chi connectivity index (χ4v) is 3.34. The Morgan fingerprint density at radius 1 is 1.19 bits per heavy atom. The van der Waals surface area contributed by atoms with Gasteiger partial charge in [-0.3, -0.25) is 0 Å². The molecule has 0 fully saturated rings. The zero-order valence-corrected chi connectivity index (χ0v) is 15.9. The third-order valence-electron chi connectivity index (χ3n) is 3.97. The van der Waals surface area contributed by atoms with Crippen LogP contribution in [0.1, 0.15) is 30.3 Å². The van der Waals surface area contributed by atoms with Gasteiger partial charge in [-0.2, -0.15) is 0 Å². The summed E-state index contributed by atoms with van der Waals surface area (Å²) in [4.78, 5) is 5.99. The molecule has 0 aliphatic heterocycles. The Labute approximate surface area is 158 Å². The number of guanidine groups is 1. The van der Waals surface area contributed by atoms with Crippen LogP contribution in [-0.2, 0) is 6.54 Å². The number of hydrogen-bond donors (Lipinski definition) is 2. The van der Waals surface area contributed by atoms with Crippen LogP contribution in [0.15, 0.2) is 63.4 Å². The average molecular weight is 369 g/mol. The van der Waals surface area contributed by atoms with E-state index in [4.69, 9.17) is 4.52 Å². The number of hydrogen-bond acceptors (Lipinski definition) is 4. The molecule has 0 bridgehead atoms. The summed E-state index contributed by atoms with van der Waals surface area (Å²) < 4.78 is 5.43. The molecule has 3 aromatic rings. The van der Waals surface area contributed by atoms with Crippen LogP contribution in [0.25, 0.3) is 11.3 Å². The number of aliphatic imine (C=N–C) groups is 1. The van der Waals surface area contributed by atoms with E-state index in [1.54, 1.807) is 11.3 Å². The number of nitrogens with zero attached hydrogens (tertiary/aromatic N) is 2. The zero-order valence-electron chi connectivity index (χ0n) is 15.1. The second-order valence-corrected chi connectivity index (χ2v) is 7.02. The quantitative estimate of drug-likeness (QED) is 0.483. The van der Waals surface area contributed by atoms with Crippen molar-refractivity contribution in [1.29, 1.82) is 0 Å². The third-order valence-corrected chi connectivity index (χ3v) is 5.07. The molecule has 0 aliphatic carbocycles. The lowest BCUT2D eigenvalue weighted by Gasteiger charge is -2.14. The summed E-state index contributed by atoms with van der Waals surface area (Å²) in [7, 11) is 0. The highest BCUT2D eigenvalue weighted by Gasteiger charge is 2.09. The number of aromatic nitrogens is 1. The van der Waals surface area contributed by atoms with E-state index in [0.717, 1.165) is 36.1 Å². The lowest BCUT2D eigenvalue weighted by molar-refractivity contribution is 0.424. The number of nitrogens with one attached hydrogen (secondary N) is 2. The van der Waals surface area contributed by atoms with Gasteiger partial charge in [0.05, 0.1) is 6.54 Å². The van der Waals surface area contributed by atoms with Crippen molar-refractivity contribution in [3.05, 3.63) is 64.5 Å². The largest absolute Gasteiger partial charge is 0.357 e. The molecule has 136 valence electrons. The van der Waals surface area contributed by atoms with E-state index >= 15 is 0 Å². The van der Waals surface area contributed by atoms with Gasteiger partial charge in [-0.1, -0.05) is 48.5 Å². The van der Waals surface area contributed by atoms with Gasteiger partial charge in [-0.15, -0.1) is 11.3 Å². The molecular weight excluding hydrogens is 344 g/mol. The van der Waals surface area contributed by atoms with Crippen molar-refractivity contribution in [3.8, 4) is 11.3 Å². The standard InChI is InChI=1S/C20H24N4OS/c1-3-21-20(22-13-15(2)19-10-7-11-26-19)23-14-17-12-18(25-24-17)16-8-5-4-6-9-16/h4-12,15H,3,13-14H2,1-2H3,(H2,21,22,23). The van der Waals surface area contributed by atoms with Crippen LogP contribution >= 0.6 is 11.3 Å². The van der Waals surface area contributed by atoms with Crippen LogP contribution in [0, 0.1) is 0 Å². The Bertz CT molecular complexity index is 811. The minimum atomic E-state index is 0.440. The molecule has 1 aromatic carbocycles. The van der Waals surface area contributed by atoms with Crippen LogP contribution in [0.4, 0.5) is 0 Å². The highest BCUT2D eigenvalue weighted by Crippen LogP contribution is 2.20. The Hall–Kier alpha value is -2.60. The van der Waals surface area contributed by atoms with E-state index in [1.807, 2.05) is 36.4 Å². The Morgan fingerprint density at radius 3 is 2.77 bits per heavy atom. The van der Waals surface area contributed by atoms with Crippen molar-refractivity contribution in [3.63, 3.8) is 0 Å². The second-order valence-electron chi connectivity index (χ2n) is 6.04. The first-order chi connectivity index (χ1) is 12.8. The van der Waals surface area contributed by atoms with Crippen LogP contribution < -0.4 is 10.6 Å². The second kappa shape index (κ2) is 9.20. The van der Waals surface area contributed by atoms with E-state index < -0.39 is 0 Å². The molecule has 1 unspecified atom stereocenters. The van der Waals surface area contributed by atoms with Crippen molar-refractivity contribution in [1.82, 2.24) is 15.8 Å². The Balaban J connectivity index is 1.59. The smallest absolute Gasteiger partial charge is 0.191 e. The maximum atomic E-state index is 5.43. The molecule has 0 saturated carbocycles. The summed E-state index contributed by atoms with van der Waals surface area (Å²) >= 11 is 1.78. The molecular formula is C20H24N4OS. The fraction of sp³-hybridized carbons (Fsp3) is 0.300. The van der Waals surface area contributed by atoms with E-state index in [0.29, 0.717) is 12.5 Å². The fourth-order valence-electron chi connectivity index (χ4n) is 2.55. The molecule has 2 aromatic heterocycles. The maximum absolute atomic E-state index is 5.43. The highest BCUT2D eigenvalue weighted by atomic mass is 32.1. The van der Waals surface area contributed by atoms with Crippen LogP contribution in [0.3, 0.4) is 0 Å². The van der Waals surface area contributed by atoms with Gasteiger partial charge >= 0.3 is 0 Å². The first-order valence-corrected chi connectivity index (χ1v) is 9.71. The van der Waals surface area contributed by atoms with Gasteiger partial charge in [0, 0.05) is 35.5 Å². The maximum Gasteiger partial charge on any atom is 0.191 e. The van der Waals surface area contributed by atoms with Crippen molar-refractivity contribution in [2.75, 3.05) is 13.1 Å². The summed E-state index contributed by atoms with van der Waals surface area (Å²) in [5.41, 5.74) is 1.83. The van der Waals surface area contributed by atoms with Crippen molar-refractivity contribution in [2.24, 2.45) is 4.99 Å². The predicted octanol–water partition coefficient (Wildman–Crippen LogP) is 4.26. The summed E-state index contributed by atoms with van der Waals surface area (Å²) in [5.74, 6) is 2.00. The summed E-state index contributed by atoms with van der Waals surface area (Å²) in [6, 6.07) is 16.2. The minimum absolute atomic E-state index is 0.440. The van der Waals surface area contributed by atoms with Gasteiger partial charge in [-0.05, 0) is 18.4 Å². The normalized spacial score (nSPS) is 12.8. The molecule has 6 heteroatoms. The molecule has 0 amide bonds. The molecule has 2 heterocycles. The van der Waals surface area contributed by atoms with E-state index in [2.05, 4.69) is 52.1 Å². The van der Waals surface area contributed by atoms with Crippen molar-refractivity contribution < 1.29 is 4.52 Å². The average Bonchev–Trinajstić information content (AvgIpc) is 3.36. The Morgan fingerprint density at radius 2 is 2.04 bits per heavy atom. The van der Waals surface area contributed by atoms with E-state index in [9.17, 15) is 0 Å². The van der Waals surface area contributed by atoms with Gasteiger partial charge in [-0.25, -0.2) is 4.99 Å². The minimum Gasteiger partial charge on any atom is -0.357 e. The predicted molar refractivity (Wildman–Crippen MR) is 107 cm³/mol. The number of rotatable bonds is 7. The van der Waals surface area contributed by atoms with Gasteiger partial charge in [0.2, 0.25) is 0 Å². The molecule has 26 heavy (non-hydrogen) atoms. The first-order valence-electron chi connectivity index (χ1n) is 8.83. The van der Waals surface area contributed by atoms with Gasteiger partial charge in [0.1, 0.15) is 5.69 Å². The third kappa shape index (κ3) is 4.95. The summed E-state index contributed by atoms with van der Waals surface area (Å²) in [5, 5.41) is 12.9. The summed E-state index contributed by atoms with van der Waals surface area (Å²) in [6.45, 7) is 6.39. The van der Waals surface area contributed by atoms with Gasteiger partial charge in [0.15, 0.2) is 11.7 Å². The lowest BCUT2D eigenvalue weighted by atomic mass is 10.1. The number of benzene rings is 1. The molecule has 0 spiro atoms. The molecule has 0 radical (unpaired) electrons. The van der Waals surface area contributed by atoms with E-state index in [-0.39, 0.29) is 0 Å². The first kappa shape index (κ1) is 18.2. The van der Waals surface area contributed by atoms with Crippen molar-refractivity contribution >= 4 is 17.3 Å². The molecule has 3 rings (SSSR count). The Kier molecular flexibility index (Phi) is 6.44. The van der Waals surface area contributed by atoms with Crippen LogP contribution in [0.5, 0.6) is 0 Å². The zero-order chi connectivity index (χ0) is 18.2. The van der Waals surface area contributed by atoms with Crippen LogP contribution in [-0.4, -0.2) is 24.2 Å².